The molecule has 5 nitrogen and oxygen atoms in total. The predicted molar refractivity (Wildman–Crippen MR) is 109 cm³/mol. The maximum Gasteiger partial charge on any atom is 0.237 e. The Balaban J connectivity index is 1.45. The summed E-state index contributed by atoms with van der Waals surface area (Å²) < 4.78 is 16.9. The van der Waals surface area contributed by atoms with Crippen molar-refractivity contribution in [3.05, 3.63) is 47.5 Å². The number of hydrogen-bond acceptors (Lipinski definition) is 5. The number of rotatable bonds is 7. The maximum absolute atomic E-state index is 12.4. The molecule has 144 valence electrons. The first kappa shape index (κ1) is 19.4. The fourth-order valence-corrected chi connectivity index (χ4v) is 3.58. The SMILES string of the molecule is Cc1cccc(C)c1OCCSC(C)C(=O)Nc1ccc2c(c1)OCCO2. The van der Waals surface area contributed by atoms with E-state index in [2.05, 4.69) is 5.32 Å². The number of benzene rings is 2. The highest BCUT2D eigenvalue weighted by Crippen LogP contribution is 2.32. The number of anilines is 1. The van der Waals surface area contributed by atoms with Gasteiger partial charge in [0.25, 0.3) is 0 Å². The molecule has 0 aromatic heterocycles. The number of thioether (sulfide) groups is 1. The normalized spacial score (nSPS) is 13.7. The van der Waals surface area contributed by atoms with Crippen LogP contribution in [0.25, 0.3) is 0 Å². The Morgan fingerprint density at radius 1 is 1.15 bits per heavy atom. The number of carbonyl (C=O) groups excluding carboxylic acids is 1. The minimum absolute atomic E-state index is 0.0382. The van der Waals surface area contributed by atoms with Gasteiger partial charge in [0.15, 0.2) is 11.5 Å². The fraction of sp³-hybridized carbons (Fsp3) is 0.381. The molecule has 6 heteroatoms. The van der Waals surface area contributed by atoms with Crippen molar-refractivity contribution in [1.82, 2.24) is 0 Å². The number of ether oxygens (including phenoxy) is 3. The van der Waals surface area contributed by atoms with E-state index in [1.54, 1.807) is 17.8 Å². The quantitative estimate of drug-likeness (QED) is 0.721. The molecule has 0 saturated heterocycles. The van der Waals surface area contributed by atoms with Crippen LogP contribution in [0.3, 0.4) is 0 Å². The number of nitrogens with one attached hydrogen (secondary N) is 1. The molecule has 2 aromatic carbocycles. The van der Waals surface area contributed by atoms with Gasteiger partial charge in [-0.25, -0.2) is 0 Å². The van der Waals surface area contributed by atoms with Crippen molar-refractivity contribution in [3.63, 3.8) is 0 Å². The third kappa shape index (κ3) is 5.10. The van der Waals surface area contributed by atoms with Gasteiger partial charge in [0.1, 0.15) is 19.0 Å². The molecule has 1 N–H and O–H groups in total. The zero-order valence-electron chi connectivity index (χ0n) is 15.9. The van der Waals surface area contributed by atoms with E-state index in [1.165, 1.54) is 0 Å². The Kier molecular flexibility index (Phi) is 6.50. The van der Waals surface area contributed by atoms with Crippen LogP contribution in [0.5, 0.6) is 17.2 Å². The second kappa shape index (κ2) is 9.04. The Bertz CT molecular complexity index is 789. The number of fused-ring (bicyclic) bond motifs is 1. The Labute approximate surface area is 164 Å². The summed E-state index contributed by atoms with van der Waals surface area (Å²) in [5.74, 6) is 3.02. The van der Waals surface area contributed by atoms with E-state index in [1.807, 2.05) is 51.1 Å². The lowest BCUT2D eigenvalue weighted by atomic mass is 10.1. The van der Waals surface area contributed by atoms with E-state index >= 15 is 0 Å². The average molecular weight is 388 g/mol. The maximum atomic E-state index is 12.4. The number of hydrogen-bond donors (Lipinski definition) is 1. The van der Waals surface area contributed by atoms with Crippen molar-refractivity contribution >= 4 is 23.4 Å². The molecule has 1 aliphatic heterocycles. The number of aryl methyl sites for hydroxylation is 2. The summed E-state index contributed by atoms with van der Waals surface area (Å²) in [5.41, 5.74) is 2.97. The van der Waals surface area contributed by atoms with Crippen LogP contribution in [0.15, 0.2) is 36.4 Å². The van der Waals surface area contributed by atoms with Crippen LogP contribution in [0.2, 0.25) is 0 Å². The lowest BCUT2D eigenvalue weighted by Crippen LogP contribution is -2.23. The second-order valence-electron chi connectivity index (χ2n) is 6.43. The van der Waals surface area contributed by atoms with Crippen molar-refractivity contribution in [2.24, 2.45) is 0 Å². The molecule has 1 atom stereocenters. The molecular weight excluding hydrogens is 362 g/mol. The molecule has 1 aliphatic rings. The zero-order chi connectivity index (χ0) is 19.2. The minimum Gasteiger partial charge on any atom is -0.492 e. The van der Waals surface area contributed by atoms with Gasteiger partial charge in [0.2, 0.25) is 5.91 Å². The van der Waals surface area contributed by atoms with Crippen LogP contribution in [0.4, 0.5) is 5.69 Å². The van der Waals surface area contributed by atoms with Crippen molar-refractivity contribution in [3.8, 4) is 17.2 Å². The molecule has 0 aliphatic carbocycles. The molecule has 2 aromatic rings. The van der Waals surface area contributed by atoms with Crippen LogP contribution in [-0.4, -0.2) is 36.7 Å². The highest BCUT2D eigenvalue weighted by molar-refractivity contribution is 8.00. The van der Waals surface area contributed by atoms with Crippen LogP contribution in [0.1, 0.15) is 18.1 Å². The largest absolute Gasteiger partial charge is 0.492 e. The number of para-hydroxylation sites is 1. The minimum atomic E-state index is -0.181. The van der Waals surface area contributed by atoms with Crippen molar-refractivity contribution in [2.45, 2.75) is 26.0 Å². The molecule has 0 saturated carbocycles. The highest BCUT2D eigenvalue weighted by Gasteiger charge is 2.16. The lowest BCUT2D eigenvalue weighted by Gasteiger charge is -2.19. The molecule has 0 bridgehead atoms. The zero-order valence-corrected chi connectivity index (χ0v) is 16.7. The Morgan fingerprint density at radius 2 is 1.85 bits per heavy atom. The average Bonchev–Trinajstić information content (AvgIpc) is 2.66. The van der Waals surface area contributed by atoms with Crippen LogP contribution >= 0.6 is 11.8 Å². The summed E-state index contributed by atoms with van der Waals surface area (Å²) in [6.07, 6.45) is 0. The van der Waals surface area contributed by atoms with E-state index in [0.717, 1.165) is 22.6 Å². The first-order chi connectivity index (χ1) is 13.0. The lowest BCUT2D eigenvalue weighted by molar-refractivity contribution is -0.115. The Morgan fingerprint density at radius 3 is 2.59 bits per heavy atom. The molecule has 0 radical (unpaired) electrons. The van der Waals surface area contributed by atoms with Gasteiger partial charge in [0.05, 0.1) is 11.9 Å². The van der Waals surface area contributed by atoms with Gasteiger partial charge in [-0.05, 0) is 44.0 Å². The van der Waals surface area contributed by atoms with E-state index in [-0.39, 0.29) is 11.2 Å². The fourth-order valence-electron chi connectivity index (χ4n) is 2.84. The van der Waals surface area contributed by atoms with Crippen LogP contribution in [-0.2, 0) is 4.79 Å². The molecular formula is C21H25NO4S. The molecule has 1 unspecified atom stereocenters. The monoisotopic (exact) mass is 387 g/mol. The van der Waals surface area contributed by atoms with Gasteiger partial charge in [-0.3, -0.25) is 4.79 Å². The smallest absolute Gasteiger partial charge is 0.237 e. The van der Waals surface area contributed by atoms with E-state index < -0.39 is 0 Å². The summed E-state index contributed by atoms with van der Waals surface area (Å²) in [7, 11) is 0. The van der Waals surface area contributed by atoms with E-state index in [4.69, 9.17) is 14.2 Å². The molecule has 0 fully saturated rings. The predicted octanol–water partition coefficient (Wildman–Crippen LogP) is 4.21. The van der Waals surface area contributed by atoms with Crippen LogP contribution < -0.4 is 19.5 Å². The van der Waals surface area contributed by atoms with Crippen LogP contribution in [0, 0.1) is 13.8 Å². The van der Waals surface area contributed by atoms with Crippen molar-refractivity contribution in [1.29, 1.82) is 0 Å². The first-order valence-electron chi connectivity index (χ1n) is 9.05. The molecule has 27 heavy (non-hydrogen) atoms. The second-order valence-corrected chi connectivity index (χ2v) is 7.88. The van der Waals surface area contributed by atoms with Gasteiger partial charge >= 0.3 is 0 Å². The third-order valence-corrected chi connectivity index (χ3v) is 5.40. The summed E-state index contributed by atoms with van der Waals surface area (Å²) in [6, 6.07) is 11.6. The summed E-state index contributed by atoms with van der Waals surface area (Å²) in [6.45, 7) is 7.63. The first-order valence-corrected chi connectivity index (χ1v) is 10.1. The standard InChI is InChI=1S/C21H25NO4S/c1-14-5-4-6-15(2)20(14)26-11-12-27-16(3)21(23)22-17-7-8-18-19(13-17)25-10-9-24-18/h4-8,13,16H,9-12H2,1-3H3,(H,22,23). The summed E-state index contributed by atoms with van der Waals surface area (Å²) >= 11 is 1.57. The highest BCUT2D eigenvalue weighted by atomic mass is 32.2. The number of amides is 1. The number of carbonyl (C=O) groups is 1. The van der Waals surface area contributed by atoms with Gasteiger partial charge in [0, 0.05) is 17.5 Å². The third-order valence-electron chi connectivity index (χ3n) is 4.29. The Hall–Kier alpha value is -2.34. The molecule has 1 amide bonds. The summed E-state index contributed by atoms with van der Waals surface area (Å²) in [4.78, 5) is 12.4. The molecule has 0 spiro atoms. The van der Waals surface area contributed by atoms with E-state index in [0.29, 0.717) is 37.0 Å². The van der Waals surface area contributed by atoms with Gasteiger partial charge in [-0.2, -0.15) is 0 Å². The van der Waals surface area contributed by atoms with E-state index in [9.17, 15) is 4.79 Å². The van der Waals surface area contributed by atoms with Gasteiger partial charge in [-0.15, -0.1) is 11.8 Å². The van der Waals surface area contributed by atoms with Crippen molar-refractivity contribution < 1.29 is 19.0 Å². The van der Waals surface area contributed by atoms with Gasteiger partial charge < -0.3 is 19.5 Å². The van der Waals surface area contributed by atoms with Gasteiger partial charge in [-0.1, -0.05) is 18.2 Å². The topological polar surface area (TPSA) is 56.8 Å². The van der Waals surface area contributed by atoms with Crippen molar-refractivity contribution in [2.75, 3.05) is 30.9 Å². The summed E-state index contributed by atoms with van der Waals surface area (Å²) in [5, 5.41) is 2.75. The molecule has 3 rings (SSSR count). The molecule has 1 heterocycles.